The van der Waals surface area contributed by atoms with Gasteiger partial charge in [0.25, 0.3) is 5.56 Å². The number of amides is 1. The van der Waals surface area contributed by atoms with Gasteiger partial charge in [0.05, 0.1) is 5.92 Å². The Hall–Kier alpha value is -2.22. The summed E-state index contributed by atoms with van der Waals surface area (Å²) in [5.41, 5.74) is 1.26. The third-order valence-electron chi connectivity index (χ3n) is 3.40. The lowest BCUT2D eigenvalue weighted by Crippen LogP contribution is -2.37. The van der Waals surface area contributed by atoms with Crippen molar-refractivity contribution in [3.8, 4) is 0 Å². The molecule has 0 bridgehead atoms. The van der Waals surface area contributed by atoms with Gasteiger partial charge in [-0.2, -0.15) is 0 Å². The van der Waals surface area contributed by atoms with Gasteiger partial charge in [-0.25, -0.2) is 15.0 Å². The number of hydrogen-bond donors (Lipinski definition) is 1. The van der Waals surface area contributed by atoms with Crippen molar-refractivity contribution in [2.24, 2.45) is 5.92 Å². The van der Waals surface area contributed by atoms with Crippen molar-refractivity contribution >= 4 is 23.6 Å². The van der Waals surface area contributed by atoms with E-state index >= 15 is 0 Å². The van der Waals surface area contributed by atoms with E-state index in [1.807, 2.05) is 6.92 Å². The molecule has 1 unspecified atom stereocenters. The first kappa shape index (κ1) is 14.7. The number of rotatable bonds is 2. The summed E-state index contributed by atoms with van der Waals surface area (Å²) in [6.45, 7) is 3.88. The maximum Gasteiger partial charge on any atom is 0.257 e. The molecule has 114 valence electrons. The fourth-order valence-corrected chi connectivity index (χ4v) is 3.23. The highest BCUT2D eigenvalue weighted by atomic mass is 32.2. The Morgan fingerprint density at radius 1 is 1.41 bits per heavy atom. The number of carbonyl (C=O) groups excluding carboxylic acids is 1. The molecule has 2 aromatic rings. The van der Waals surface area contributed by atoms with E-state index in [9.17, 15) is 9.59 Å². The second-order valence-electron chi connectivity index (χ2n) is 5.16. The van der Waals surface area contributed by atoms with E-state index < -0.39 is 0 Å². The SMILES string of the molecule is Cc1ccnc(NC(=O)C2CSc3ncc(C)c(=O)n3C2)n1. The quantitative estimate of drug-likeness (QED) is 0.832. The first-order valence-electron chi connectivity index (χ1n) is 6.84. The maximum atomic E-state index is 12.3. The molecule has 0 fully saturated rings. The van der Waals surface area contributed by atoms with Gasteiger partial charge < -0.3 is 0 Å². The summed E-state index contributed by atoms with van der Waals surface area (Å²) in [6.07, 6.45) is 3.17. The van der Waals surface area contributed by atoms with Crippen LogP contribution in [0.2, 0.25) is 0 Å². The summed E-state index contributed by atoms with van der Waals surface area (Å²) in [4.78, 5) is 36.9. The Kier molecular flexibility index (Phi) is 3.93. The lowest BCUT2D eigenvalue weighted by molar-refractivity contribution is -0.119. The number of anilines is 1. The van der Waals surface area contributed by atoms with Gasteiger partial charge in [0.15, 0.2) is 5.16 Å². The fraction of sp³-hybridized carbons (Fsp3) is 0.357. The van der Waals surface area contributed by atoms with Crippen molar-refractivity contribution in [1.29, 1.82) is 0 Å². The largest absolute Gasteiger partial charge is 0.294 e. The number of aromatic nitrogens is 4. The van der Waals surface area contributed by atoms with Crippen LogP contribution in [0.4, 0.5) is 5.95 Å². The molecule has 0 aromatic carbocycles. The Morgan fingerprint density at radius 3 is 3.00 bits per heavy atom. The molecule has 1 aliphatic rings. The Balaban J connectivity index is 1.78. The van der Waals surface area contributed by atoms with Gasteiger partial charge in [-0.05, 0) is 19.9 Å². The third-order valence-corrected chi connectivity index (χ3v) is 4.55. The highest BCUT2D eigenvalue weighted by Gasteiger charge is 2.27. The lowest BCUT2D eigenvalue weighted by atomic mass is 10.1. The van der Waals surface area contributed by atoms with Gasteiger partial charge in [-0.3, -0.25) is 19.5 Å². The third kappa shape index (κ3) is 2.87. The minimum Gasteiger partial charge on any atom is -0.294 e. The highest BCUT2D eigenvalue weighted by Crippen LogP contribution is 2.25. The van der Waals surface area contributed by atoms with Crippen LogP contribution in [0.1, 0.15) is 11.3 Å². The molecular formula is C14H15N5O2S. The van der Waals surface area contributed by atoms with Crippen LogP contribution in [-0.4, -0.2) is 31.2 Å². The molecule has 0 saturated carbocycles. The van der Waals surface area contributed by atoms with Crippen LogP contribution in [0, 0.1) is 19.8 Å². The molecule has 1 atom stereocenters. The van der Waals surface area contributed by atoms with Crippen molar-refractivity contribution in [1.82, 2.24) is 19.5 Å². The molecule has 3 rings (SSSR count). The van der Waals surface area contributed by atoms with Gasteiger partial charge in [0, 0.05) is 35.9 Å². The van der Waals surface area contributed by atoms with E-state index in [0.717, 1.165) is 5.69 Å². The van der Waals surface area contributed by atoms with E-state index in [0.29, 0.717) is 23.0 Å². The Bertz CT molecular complexity index is 789. The maximum absolute atomic E-state index is 12.3. The number of carbonyl (C=O) groups is 1. The van der Waals surface area contributed by atoms with Gasteiger partial charge in [0.2, 0.25) is 11.9 Å². The van der Waals surface area contributed by atoms with E-state index in [2.05, 4.69) is 20.3 Å². The second-order valence-corrected chi connectivity index (χ2v) is 6.15. The lowest BCUT2D eigenvalue weighted by Gasteiger charge is -2.24. The molecule has 0 radical (unpaired) electrons. The summed E-state index contributed by atoms with van der Waals surface area (Å²) in [5, 5.41) is 3.37. The van der Waals surface area contributed by atoms with E-state index in [1.165, 1.54) is 11.8 Å². The molecule has 0 saturated heterocycles. The summed E-state index contributed by atoms with van der Waals surface area (Å²) in [7, 11) is 0. The molecule has 2 aromatic heterocycles. The zero-order valence-electron chi connectivity index (χ0n) is 12.2. The zero-order chi connectivity index (χ0) is 15.7. The predicted octanol–water partition coefficient (Wildman–Crippen LogP) is 1.01. The summed E-state index contributed by atoms with van der Waals surface area (Å²) in [6, 6.07) is 1.76. The van der Waals surface area contributed by atoms with Crippen LogP contribution in [-0.2, 0) is 11.3 Å². The first-order chi connectivity index (χ1) is 10.5. The summed E-state index contributed by atoms with van der Waals surface area (Å²) >= 11 is 1.41. The molecule has 1 aliphatic heterocycles. The van der Waals surface area contributed by atoms with E-state index in [4.69, 9.17) is 0 Å². The molecule has 1 amide bonds. The number of nitrogens with one attached hydrogen (secondary N) is 1. The van der Waals surface area contributed by atoms with Crippen molar-refractivity contribution < 1.29 is 4.79 Å². The molecule has 7 nitrogen and oxygen atoms in total. The van der Waals surface area contributed by atoms with Crippen molar-refractivity contribution in [3.05, 3.63) is 40.1 Å². The average molecular weight is 317 g/mol. The standard InChI is InChI=1S/C14H15N5O2S/c1-8-5-16-14-19(12(8)21)6-10(7-22-14)11(20)18-13-15-4-3-9(2)17-13/h3-5,10H,6-7H2,1-2H3,(H,15,17,18,20). The number of hydrogen-bond acceptors (Lipinski definition) is 6. The Morgan fingerprint density at radius 2 is 2.23 bits per heavy atom. The van der Waals surface area contributed by atoms with Crippen LogP contribution >= 0.6 is 11.8 Å². The highest BCUT2D eigenvalue weighted by molar-refractivity contribution is 7.99. The van der Waals surface area contributed by atoms with Crippen molar-refractivity contribution in [3.63, 3.8) is 0 Å². The molecule has 8 heteroatoms. The number of thioether (sulfide) groups is 1. The minimum absolute atomic E-state index is 0.0956. The zero-order valence-corrected chi connectivity index (χ0v) is 13.1. The monoisotopic (exact) mass is 317 g/mol. The molecule has 1 N–H and O–H groups in total. The normalized spacial score (nSPS) is 16.9. The molecule has 3 heterocycles. The first-order valence-corrected chi connectivity index (χ1v) is 7.83. The van der Waals surface area contributed by atoms with E-state index in [-0.39, 0.29) is 23.3 Å². The Labute approximate surface area is 131 Å². The molecule has 0 aliphatic carbocycles. The van der Waals surface area contributed by atoms with Gasteiger partial charge >= 0.3 is 0 Å². The van der Waals surface area contributed by atoms with Crippen LogP contribution in [0.5, 0.6) is 0 Å². The number of nitrogens with zero attached hydrogens (tertiary/aromatic N) is 4. The number of fused-ring (bicyclic) bond motifs is 1. The van der Waals surface area contributed by atoms with Crippen LogP contribution in [0.3, 0.4) is 0 Å². The fourth-order valence-electron chi connectivity index (χ4n) is 2.18. The van der Waals surface area contributed by atoms with Crippen LogP contribution in [0.25, 0.3) is 0 Å². The molecule has 0 spiro atoms. The van der Waals surface area contributed by atoms with E-state index in [1.54, 1.807) is 30.0 Å². The van der Waals surface area contributed by atoms with Gasteiger partial charge in [-0.15, -0.1) is 0 Å². The molecule has 22 heavy (non-hydrogen) atoms. The van der Waals surface area contributed by atoms with Crippen molar-refractivity contribution in [2.45, 2.75) is 25.5 Å². The summed E-state index contributed by atoms with van der Waals surface area (Å²) < 4.78 is 1.56. The van der Waals surface area contributed by atoms with Crippen molar-refractivity contribution in [2.75, 3.05) is 11.1 Å². The van der Waals surface area contributed by atoms with Gasteiger partial charge in [-0.1, -0.05) is 11.8 Å². The van der Waals surface area contributed by atoms with Gasteiger partial charge in [0.1, 0.15) is 0 Å². The summed E-state index contributed by atoms with van der Waals surface area (Å²) in [5.74, 6) is 0.364. The molecular weight excluding hydrogens is 302 g/mol. The van der Waals surface area contributed by atoms with Crippen LogP contribution < -0.4 is 10.9 Å². The average Bonchev–Trinajstić information content (AvgIpc) is 2.51. The topological polar surface area (TPSA) is 89.8 Å². The van der Waals surface area contributed by atoms with Crippen LogP contribution in [0.15, 0.2) is 28.4 Å². The number of aryl methyl sites for hydroxylation is 2. The smallest absolute Gasteiger partial charge is 0.257 e. The predicted molar refractivity (Wildman–Crippen MR) is 82.8 cm³/mol. The second kappa shape index (κ2) is 5.88. The minimum atomic E-state index is -0.317.